The number of hydrogen-bond acceptors (Lipinski definition) is 6. The van der Waals surface area contributed by atoms with Gasteiger partial charge in [0, 0.05) is 17.5 Å². The van der Waals surface area contributed by atoms with E-state index in [1.165, 1.54) is 12.1 Å². The lowest BCUT2D eigenvalue weighted by Crippen LogP contribution is -2.15. The minimum Gasteiger partial charge on any atom is -0.465 e. The van der Waals surface area contributed by atoms with Crippen LogP contribution in [0.3, 0.4) is 0 Å². The average Bonchev–Trinajstić information content (AvgIpc) is 3.35. The molecule has 7 nitrogen and oxygen atoms in total. The predicted octanol–water partition coefficient (Wildman–Crippen LogP) is 5.97. The van der Waals surface area contributed by atoms with Crippen LogP contribution >= 0.6 is 0 Å². The van der Waals surface area contributed by atoms with Crippen molar-refractivity contribution in [1.82, 2.24) is 4.98 Å². The Balaban J connectivity index is 1.54. The topological polar surface area (TPSA) is 95.5 Å². The fourth-order valence-corrected chi connectivity index (χ4v) is 4.23. The van der Waals surface area contributed by atoms with E-state index >= 15 is 0 Å². The van der Waals surface area contributed by atoms with Gasteiger partial charge in [0.1, 0.15) is 12.4 Å². The first kappa shape index (κ1) is 20.6. The Morgan fingerprint density at radius 2 is 2.00 bits per heavy atom. The minimum absolute atomic E-state index is 0.0389. The zero-order chi connectivity index (χ0) is 22.8. The molecule has 2 heterocycles. The summed E-state index contributed by atoms with van der Waals surface area (Å²) in [7, 11) is 0. The van der Waals surface area contributed by atoms with Gasteiger partial charge in [0.05, 0.1) is 28.0 Å². The predicted molar refractivity (Wildman–Crippen MR) is 123 cm³/mol. The van der Waals surface area contributed by atoms with Crippen LogP contribution in [0.5, 0.6) is 0 Å². The average molecular weight is 440 g/mol. The number of aromatic nitrogens is 1. The van der Waals surface area contributed by atoms with E-state index in [9.17, 15) is 14.9 Å². The maximum atomic E-state index is 13.3. The molecule has 7 heteroatoms. The lowest BCUT2D eigenvalue weighted by Gasteiger charge is -2.22. The fraction of sp³-hybridized carbons (Fsp3) is 0.154. The number of allylic oxidation sites excluding steroid dienone is 1. The van der Waals surface area contributed by atoms with E-state index < -0.39 is 10.9 Å². The number of nitrogens with zero attached hydrogens (tertiary/aromatic N) is 2. The third-order valence-electron chi connectivity index (χ3n) is 5.73. The SMILES string of the molecule is O=C(OCc1cccc([N+](=O)[O-])c1)c1c2c(nc3ccccc13)C(=Cc1ccco1)CCC2. The van der Waals surface area contributed by atoms with Crippen molar-refractivity contribution in [2.24, 2.45) is 0 Å². The Hall–Kier alpha value is -4.26. The first-order valence-electron chi connectivity index (χ1n) is 10.7. The Morgan fingerprint density at radius 3 is 2.82 bits per heavy atom. The highest BCUT2D eigenvalue weighted by atomic mass is 16.6. The summed E-state index contributed by atoms with van der Waals surface area (Å²) in [6, 6.07) is 17.3. The molecule has 5 rings (SSSR count). The van der Waals surface area contributed by atoms with Crippen molar-refractivity contribution in [2.45, 2.75) is 25.9 Å². The van der Waals surface area contributed by atoms with E-state index in [1.54, 1.807) is 18.4 Å². The molecule has 0 fully saturated rings. The number of ether oxygens (including phenoxy) is 1. The summed E-state index contributed by atoms with van der Waals surface area (Å²) in [6.45, 7) is -0.0545. The van der Waals surface area contributed by atoms with Crippen molar-refractivity contribution < 1.29 is 18.9 Å². The van der Waals surface area contributed by atoms with Gasteiger partial charge in [-0.2, -0.15) is 0 Å². The Morgan fingerprint density at radius 1 is 1.12 bits per heavy atom. The number of benzene rings is 2. The van der Waals surface area contributed by atoms with Crippen molar-refractivity contribution in [3.63, 3.8) is 0 Å². The molecule has 0 saturated heterocycles. The minimum atomic E-state index is -0.467. The van der Waals surface area contributed by atoms with E-state index in [0.29, 0.717) is 23.1 Å². The van der Waals surface area contributed by atoms with Crippen LogP contribution in [0.25, 0.3) is 22.6 Å². The number of para-hydroxylation sites is 1. The smallest absolute Gasteiger partial charge is 0.339 e. The standard InChI is InChI=1S/C26H20N2O5/c29-26(33-16-17-6-3-8-19(14-17)28(30)31)24-21-10-1-2-12-23(21)27-25-18(7-4-11-22(24)25)15-20-9-5-13-32-20/h1-3,5-6,8-10,12-15H,4,7,11,16H2. The molecule has 0 N–H and O–H groups in total. The molecule has 0 unspecified atom stereocenters. The first-order valence-corrected chi connectivity index (χ1v) is 10.7. The molecule has 2 aromatic heterocycles. The summed E-state index contributed by atoms with van der Waals surface area (Å²) in [6.07, 6.45) is 6.02. The molecule has 33 heavy (non-hydrogen) atoms. The third-order valence-corrected chi connectivity index (χ3v) is 5.73. The molecule has 0 aliphatic heterocycles. The molecular weight excluding hydrogens is 420 g/mol. The molecule has 0 saturated carbocycles. The molecule has 0 spiro atoms. The van der Waals surface area contributed by atoms with E-state index in [1.807, 2.05) is 42.5 Å². The number of nitro benzene ring substituents is 1. The first-order chi connectivity index (χ1) is 16.1. The van der Waals surface area contributed by atoms with E-state index in [4.69, 9.17) is 14.1 Å². The molecule has 1 aliphatic carbocycles. The van der Waals surface area contributed by atoms with Crippen LogP contribution < -0.4 is 0 Å². The lowest BCUT2D eigenvalue weighted by molar-refractivity contribution is -0.384. The van der Waals surface area contributed by atoms with E-state index in [0.717, 1.165) is 40.8 Å². The summed E-state index contributed by atoms with van der Waals surface area (Å²) >= 11 is 0. The number of furan rings is 1. The molecular formula is C26H20N2O5. The summed E-state index contributed by atoms with van der Waals surface area (Å²) in [5.74, 6) is 0.276. The number of esters is 1. The molecule has 2 aromatic carbocycles. The summed E-state index contributed by atoms with van der Waals surface area (Å²) < 4.78 is 11.1. The van der Waals surface area contributed by atoms with Gasteiger partial charge in [0.2, 0.25) is 0 Å². The van der Waals surface area contributed by atoms with Gasteiger partial charge in [-0.05, 0) is 60.2 Å². The zero-order valence-electron chi connectivity index (χ0n) is 17.7. The van der Waals surface area contributed by atoms with Crippen LogP contribution in [0, 0.1) is 10.1 Å². The van der Waals surface area contributed by atoms with E-state index in [-0.39, 0.29) is 12.3 Å². The monoisotopic (exact) mass is 440 g/mol. The van der Waals surface area contributed by atoms with Crippen molar-refractivity contribution >= 4 is 34.2 Å². The molecule has 0 radical (unpaired) electrons. The van der Waals surface area contributed by atoms with Crippen molar-refractivity contribution in [2.75, 3.05) is 0 Å². The molecule has 1 aliphatic rings. The largest absolute Gasteiger partial charge is 0.465 e. The van der Waals surface area contributed by atoms with Gasteiger partial charge in [-0.3, -0.25) is 10.1 Å². The summed E-state index contributed by atoms with van der Waals surface area (Å²) in [5.41, 5.74) is 4.41. The molecule has 0 amide bonds. The van der Waals surface area contributed by atoms with Crippen LogP contribution in [-0.4, -0.2) is 15.9 Å². The molecule has 0 atom stereocenters. The second kappa shape index (κ2) is 8.70. The fourth-order valence-electron chi connectivity index (χ4n) is 4.23. The Labute approximate surface area is 189 Å². The number of hydrogen-bond donors (Lipinski definition) is 0. The number of nitro groups is 1. The van der Waals surface area contributed by atoms with E-state index in [2.05, 4.69) is 0 Å². The zero-order valence-corrected chi connectivity index (χ0v) is 17.7. The van der Waals surface area contributed by atoms with Gasteiger partial charge in [0.15, 0.2) is 0 Å². The number of carbonyl (C=O) groups is 1. The Kier molecular flexibility index (Phi) is 5.44. The van der Waals surface area contributed by atoms with Crippen LogP contribution in [0.2, 0.25) is 0 Å². The number of carbonyl (C=O) groups excluding carboxylic acids is 1. The third kappa shape index (κ3) is 4.13. The summed E-state index contributed by atoms with van der Waals surface area (Å²) in [4.78, 5) is 28.8. The van der Waals surface area contributed by atoms with Gasteiger partial charge in [-0.25, -0.2) is 9.78 Å². The van der Waals surface area contributed by atoms with Crippen molar-refractivity contribution in [1.29, 1.82) is 0 Å². The highest BCUT2D eigenvalue weighted by Gasteiger charge is 2.26. The van der Waals surface area contributed by atoms with Crippen molar-refractivity contribution in [3.8, 4) is 0 Å². The lowest BCUT2D eigenvalue weighted by atomic mass is 9.86. The van der Waals surface area contributed by atoms with Crippen LogP contribution in [0.15, 0.2) is 71.3 Å². The second-order valence-electron chi connectivity index (χ2n) is 7.87. The molecule has 164 valence electrons. The number of non-ortho nitro benzene ring substituents is 1. The summed E-state index contributed by atoms with van der Waals surface area (Å²) in [5, 5.41) is 11.8. The van der Waals surface area contributed by atoms with Crippen LogP contribution in [-0.2, 0) is 17.8 Å². The van der Waals surface area contributed by atoms with Gasteiger partial charge in [-0.1, -0.05) is 30.3 Å². The highest BCUT2D eigenvalue weighted by molar-refractivity contribution is 6.06. The normalized spacial score (nSPS) is 14.2. The van der Waals surface area contributed by atoms with Crippen LogP contribution in [0.1, 0.15) is 45.8 Å². The van der Waals surface area contributed by atoms with Crippen molar-refractivity contribution in [3.05, 3.63) is 105 Å². The van der Waals surface area contributed by atoms with Gasteiger partial charge < -0.3 is 9.15 Å². The van der Waals surface area contributed by atoms with Gasteiger partial charge in [0.25, 0.3) is 5.69 Å². The van der Waals surface area contributed by atoms with Crippen LogP contribution in [0.4, 0.5) is 5.69 Å². The maximum absolute atomic E-state index is 13.3. The van der Waals surface area contributed by atoms with Gasteiger partial charge >= 0.3 is 5.97 Å². The second-order valence-corrected chi connectivity index (χ2v) is 7.87. The maximum Gasteiger partial charge on any atom is 0.339 e. The number of fused-ring (bicyclic) bond motifs is 2. The number of rotatable bonds is 5. The van der Waals surface area contributed by atoms with Gasteiger partial charge in [-0.15, -0.1) is 0 Å². The Bertz CT molecular complexity index is 1390. The highest BCUT2D eigenvalue weighted by Crippen LogP contribution is 2.36. The molecule has 0 bridgehead atoms. The number of pyridine rings is 1. The quantitative estimate of drug-likeness (QED) is 0.215. The molecule has 4 aromatic rings.